The molecule has 3 heterocycles. The van der Waals surface area contributed by atoms with Gasteiger partial charge in [-0.15, -0.1) is 21.5 Å². The van der Waals surface area contributed by atoms with Gasteiger partial charge in [-0.1, -0.05) is 18.9 Å². The van der Waals surface area contributed by atoms with E-state index in [1.54, 1.807) is 11.3 Å². The molecule has 1 saturated carbocycles. The molecule has 2 aliphatic rings. The largest absolute Gasteiger partial charge is 0.338 e. The standard InChI is InChI=1S/C16H21N5OS/c22-15(20-9-3-6-12-5-1-2-7-13(12)20)11-21-18-16(17-19-21)14-8-4-10-23-14/h4,8,10,12-13H,1-3,5-7,9,11H2/t12-,13+/m1/s1. The minimum absolute atomic E-state index is 0.136. The fourth-order valence-electron chi connectivity index (χ4n) is 3.96. The van der Waals surface area contributed by atoms with Crippen LogP contribution in [0.4, 0.5) is 0 Å². The molecule has 0 unspecified atom stereocenters. The minimum Gasteiger partial charge on any atom is -0.338 e. The van der Waals surface area contributed by atoms with E-state index in [1.165, 1.54) is 30.5 Å². The van der Waals surface area contributed by atoms with E-state index in [-0.39, 0.29) is 12.5 Å². The number of rotatable bonds is 3. The van der Waals surface area contributed by atoms with Crippen LogP contribution in [0.3, 0.4) is 0 Å². The third-order valence-corrected chi connectivity index (χ3v) is 5.90. The van der Waals surface area contributed by atoms with Crippen molar-refractivity contribution < 1.29 is 4.79 Å². The molecule has 1 aliphatic carbocycles. The van der Waals surface area contributed by atoms with Crippen molar-refractivity contribution in [1.29, 1.82) is 0 Å². The van der Waals surface area contributed by atoms with Crippen LogP contribution in [-0.4, -0.2) is 43.6 Å². The van der Waals surface area contributed by atoms with Crippen molar-refractivity contribution in [1.82, 2.24) is 25.1 Å². The SMILES string of the molecule is O=C(Cn1nnc(-c2cccs2)n1)N1CCC[C@H]2CCCC[C@@H]21. The maximum Gasteiger partial charge on any atom is 0.246 e. The number of carbonyl (C=O) groups excluding carboxylic acids is 1. The molecule has 7 heteroatoms. The number of likely N-dealkylation sites (tertiary alicyclic amines) is 1. The third kappa shape index (κ3) is 3.02. The first-order valence-corrected chi connectivity index (χ1v) is 9.30. The van der Waals surface area contributed by atoms with Crippen molar-refractivity contribution in [2.75, 3.05) is 6.54 Å². The van der Waals surface area contributed by atoms with Gasteiger partial charge in [-0.3, -0.25) is 4.79 Å². The molecular formula is C16H21N5OS. The Bertz CT molecular complexity index is 666. The van der Waals surface area contributed by atoms with Gasteiger partial charge in [0.05, 0.1) is 4.88 Å². The number of tetrazole rings is 1. The smallest absolute Gasteiger partial charge is 0.246 e. The first-order valence-electron chi connectivity index (χ1n) is 8.42. The highest BCUT2D eigenvalue weighted by atomic mass is 32.1. The Morgan fingerprint density at radius 2 is 2.13 bits per heavy atom. The lowest BCUT2D eigenvalue weighted by molar-refractivity contribution is -0.138. The molecular weight excluding hydrogens is 310 g/mol. The maximum atomic E-state index is 12.7. The second-order valence-electron chi connectivity index (χ2n) is 6.46. The van der Waals surface area contributed by atoms with Gasteiger partial charge in [0.25, 0.3) is 0 Å². The molecule has 0 bridgehead atoms. The number of carbonyl (C=O) groups is 1. The molecule has 0 aromatic carbocycles. The summed E-state index contributed by atoms with van der Waals surface area (Å²) in [5.74, 6) is 1.44. The molecule has 1 saturated heterocycles. The molecule has 2 atom stereocenters. The number of fused-ring (bicyclic) bond motifs is 1. The van der Waals surface area contributed by atoms with Crippen molar-refractivity contribution in [3.05, 3.63) is 17.5 Å². The van der Waals surface area contributed by atoms with Crippen LogP contribution < -0.4 is 0 Å². The predicted octanol–water partition coefficient (Wildman–Crippen LogP) is 2.58. The van der Waals surface area contributed by atoms with E-state index in [1.807, 2.05) is 17.5 Å². The molecule has 122 valence electrons. The van der Waals surface area contributed by atoms with Gasteiger partial charge in [-0.25, -0.2) is 0 Å². The van der Waals surface area contributed by atoms with Gasteiger partial charge >= 0.3 is 0 Å². The Morgan fingerprint density at radius 3 is 3.00 bits per heavy atom. The van der Waals surface area contributed by atoms with E-state index in [2.05, 4.69) is 20.3 Å². The molecule has 0 radical (unpaired) electrons. The molecule has 2 fully saturated rings. The van der Waals surface area contributed by atoms with E-state index >= 15 is 0 Å². The van der Waals surface area contributed by atoms with Gasteiger partial charge in [0.1, 0.15) is 6.54 Å². The summed E-state index contributed by atoms with van der Waals surface area (Å²) in [4.78, 5) is 17.2. The van der Waals surface area contributed by atoms with Gasteiger partial charge in [0, 0.05) is 12.6 Å². The summed E-state index contributed by atoms with van der Waals surface area (Å²) >= 11 is 1.58. The molecule has 2 aromatic rings. The number of hydrogen-bond donors (Lipinski definition) is 0. The molecule has 2 aromatic heterocycles. The first-order chi connectivity index (χ1) is 11.3. The molecule has 23 heavy (non-hydrogen) atoms. The van der Waals surface area contributed by atoms with E-state index in [9.17, 15) is 4.79 Å². The van der Waals surface area contributed by atoms with Crippen molar-refractivity contribution in [2.45, 2.75) is 51.1 Å². The minimum atomic E-state index is 0.136. The summed E-state index contributed by atoms with van der Waals surface area (Å²) in [6.45, 7) is 1.08. The van der Waals surface area contributed by atoms with Gasteiger partial charge in [-0.2, -0.15) is 4.80 Å². The van der Waals surface area contributed by atoms with Gasteiger partial charge in [0.15, 0.2) is 0 Å². The van der Waals surface area contributed by atoms with Crippen molar-refractivity contribution in [2.24, 2.45) is 5.92 Å². The zero-order chi connectivity index (χ0) is 15.6. The Balaban J connectivity index is 1.45. The van der Waals surface area contributed by atoms with Crippen LogP contribution in [0.5, 0.6) is 0 Å². The Hall–Kier alpha value is -1.76. The number of hydrogen-bond acceptors (Lipinski definition) is 5. The third-order valence-electron chi connectivity index (χ3n) is 5.03. The Morgan fingerprint density at radius 1 is 1.26 bits per heavy atom. The monoisotopic (exact) mass is 331 g/mol. The van der Waals surface area contributed by atoms with Crippen LogP contribution in [0.2, 0.25) is 0 Å². The fraction of sp³-hybridized carbons (Fsp3) is 0.625. The number of amides is 1. The van der Waals surface area contributed by atoms with E-state index in [0.717, 1.165) is 24.3 Å². The maximum absolute atomic E-state index is 12.7. The molecule has 4 rings (SSSR count). The van der Waals surface area contributed by atoms with Gasteiger partial charge in [0.2, 0.25) is 11.7 Å². The van der Waals surface area contributed by atoms with Crippen molar-refractivity contribution in [3.8, 4) is 10.7 Å². The highest BCUT2D eigenvalue weighted by Gasteiger charge is 2.35. The van der Waals surface area contributed by atoms with Crippen LogP contribution in [0.25, 0.3) is 10.7 Å². The van der Waals surface area contributed by atoms with Gasteiger partial charge < -0.3 is 4.90 Å². The highest BCUT2D eigenvalue weighted by Crippen LogP contribution is 2.35. The van der Waals surface area contributed by atoms with Gasteiger partial charge in [-0.05, 0) is 48.3 Å². The Labute approximate surface area is 139 Å². The topological polar surface area (TPSA) is 63.9 Å². The molecule has 0 spiro atoms. The van der Waals surface area contributed by atoms with Crippen LogP contribution in [0.1, 0.15) is 38.5 Å². The zero-order valence-corrected chi connectivity index (χ0v) is 13.9. The second-order valence-corrected chi connectivity index (χ2v) is 7.41. The van der Waals surface area contributed by atoms with Crippen LogP contribution in [-0.2, 0) is 11.3 Å². The summed E-state index contributed by atoms with van der Waals surface area (Å²) in [7, 11) is 0. The number of nitrogens with zero attached hydrogens (tertiary/aromatic N) is 5. The quantitative estimate of drug-likeness (QED) is 0.867. The lowest BCUT2D eigenvalue weighted by Gasteiger charge is -2.44. The van der Waals surface area contributed by atoms with E-state index in [0.29, 0.717) is 17.8 Å². The van der Waals surface area contributed by atoms with E-state index < -0.39 is 0 Å². The highest BCUT2D eigenvalue weighted by molar-refractivity contribution is 7.13. The molecule has 6 nitrogen and oxygen atoms in total. The summed E-state index contributed by atoms with van der Waals surface area (Å²) in [6.07, 6.45) is 7.39. The summed E-state index contributed by atoms with van der Waals surface area (Å²) in [6, 6.07) is 4.36. The van der Waals surface area contributed by atoms with Crippen molar-refractivity contribution >= 4 is 17.2 Å². The zero-order valence-electron chi connectivity index (χ0n) is 13.1. The number of aromatic nitrogens is 4. The summed E-state index contributed by atoms with van der Waals surface area (Å²) in [5.41, 5.74) is 0. The lowest BCUT2D eigenvalue weighted by atomic mass is 9.78. The lowest BCUT2D eigenvalue weighted by Crippen LogP contribution is -2.50. The average Bonchev–Trinajstić information content (AvgIpc) is 3.25. The Kier molecular flexibility index (Phi) is 4.11. The summed E-state index contributed by atoms with van der Waals surface area (Å²) < 4.78 is 0. The van der Waals surface area contributed by atoms with E-state index in [4.69, 9.17) is 0 Å². The predicted molar refractivity (Wildman–Crippen MR) is 87.8 cm³/mol. The average molecular weight is 331 g/mol. The molecule has 0 N–H and O–H groups in total. The van der Waals surface area contributed by atoms with Crippen molar-refractivity contribution in [3.63, 3.8) is 0 Å². The normalized spacial score (nSPS) is 24.4. The van der Waals surface area contributed by atoms with Crippen LogP contribution >= 0.6 is 11.3 Å². The first kappa shape index (κ1) is 14.8. The molecule has 1 aliphatic heterocycles. The summed E-state index contributed by atoms with van der Waals surface area (Å²) in [5, 5.41) is 14.4. The molecule has 1 amide bonds. The fourth-order valence-corrected chi connectivity index (χ4v) is 4.61. The number of thiophene rings is 1. The van der Waals surface area contributed by atoms with Crippen LogP contribution in [0, 0.1) is 5.92 Å². The number of piperidine rings is 1. The van der Waals surface area contributed by atoms with Crippen LogP contribution in [0.15, 0.2) is 17.5 Å². The second kappa shape index (κ2) is 6.39.